The second kappa shape index (κ2) is 14.2. The summed E-state index contributed by atoms with van der Waals surface area (Å²) in [7, 11) is 3.17. The van der Waals surface area contributed by atoms with E-state index in [0.717, 1.165) is 42.4 Å². The minimum Gasteiger partial charge on any atom is -0.446 e. The molecule has 2 heterocycles. The Bertz CT molecular complexity index is 1180. The summed E-state index contributed by atoms with van der Waals surface area (Å²) < 4.78 is 44.8. The number of nitrogens with zero attached hydrogens (tertiary/aromatic N) is 2. The molecule has 41 heavy (non-hydrogen) atoms. The Kier molecular flexibility index (Phi) is 10.9. The van der Waals surface area contributed by atoms with Crippen LogP contribution in [0.15, 0.2) is 24.3 Å². The highest BCUT2D eigenvalue weighted by molar-refractivity contribution is 7.14. The van der Waals surface area contributed by atoms with Gasteiger partial charge in [0, 0.05) is 49.1 Å². The number of piperidine rings is 1. The van der Waals surface area contributed by atoms with E-state index >= 15 is 0 Å². The van der Waals surface area contributed by atoms with E-state index in [2.05, 4.69) is 6.92 Å². The van der Waals surface area contributed by atoms with E-state index in [1.54, 1.807) is 42.2 Å². The van der Waals surface area contributed by atoms with Gasteiger partial charge in [-0.15, -0.1) is 11.3 Å². The SMILES string of the molecule is COCC(COC)N(C(=O)C1CCC(C)CC1)c1ccc(Oc2sc(CN3CCCC(F)(F)C3)cc2C)cc1C=O. The number of hydrogen-bond donors (Lipinski definition) is 0. The monoisotopic (exact) mass is 592 g/mol. The van der Waals surface area contributed by atoms with Gasteiger partial charge in [0.05, 0.1) is 31.5 Å². The molecule has 10 heteroatoms. The molecule has 226 valence electrons. The molecular weight excluding hydrogens is 550 g/mol. The molecule has 1 saturated carbocycles. The van der Waals surface area contributed by atoms with E-state index in [1.807, 2.05) is 13.0 Å². The van der Waals surface area contributed by atoms with Gasteiger partial charge in [-0.25, -0.2) is 8.78 Å². The van der Waals surface area contributed by atoms with Gasteiger partial charge < -0.3 is 19.1 Å². The van der Waals surface area contributed by atoms with Crippen molar-refractivity contribution < 1.29 is 32.6 Å². The molecule has 1 aromatic carbocycles. The largest absolute Gasteiger partial charge is 0.446 e. The highest BCUT2D eigenvalue weighted by Gasteiger charge is 2.36. The van der Waals surface area contributed by atoms with Crippen LogP contribution in [-0.4, -0.2) is 69.6 Å². The second-order valence-corrected chi connectivity index (χ2v) is 12.6. The van der Waals surface area contributed by atoms with E-state index in [9.17, 15) is 18.4 Å². The molecule has 0 atom stereocenters. The van der Waals surface area contributed by atoms with Gasteiger partial charge in [-0.2, -0.15) is 0 Å². The number of benzene rings is 1. The fraction of sp³-hybridized carbons (Fsp3) is 0.613. The van der Waals surface area contributed by atoms with Gasteiger partial charge in [0.15, 0.2) is 11.3 Å². The Morgan fingerprint density at radius 3 is 2.51 bits per heavy atom. The average molecular weight is 593 g/mol. The first-order chi connectivity index (χ1) is 19.6. The second-order valence-electron chi connectivity index (χ2n) is 11.5. The summed E-state index contributed by atoms with van der Waals surface area (Å²) in [5.41, 5.74) is 1.74. The van der Waals surface area contributed by atoms with Gasteiger partial charge in [0.25, 0.3) is 5.92 Å². The molecule has 2 aliphatic rings. The van der Waals surface area contributed by atoms with Gasteiger partial charge in [0.1, 0.15) is 5.75 Å². The number of amides is 1. The molecule has 7 nitrogen and oxygen atoms in total. The van der Waals surface area contributed by atoms with Crippen LogP contribution in [0.3, 0.4) is 0 Å². The van der Waals surface area contributed by atoms with Crippen LogP contribution in [0.4, 0.5) is 14.5 Å². The summed E-state index contributed by atoms with van der Waals surface area (Å²) in [5, 5.41) is 0.647. The quantitative estimate of drug-likeness (QED) is 0.255. The molecule has 1 aromatic heterocycles. The molecule has 1 saturated heterocycles. The van der Waals surface area contributed by atoms with E-state index < -0.39 is 12.0 Å². The highest BCUT2D eigenvalue weighted by Crippen LogP contribution is 2.38. The lowest BCUT2D eigenvalue weighted by atomic mass is 9.82. The molecule has 1 aliphatic carbocycles. The Labute approximate surface area is 245 Å². The van der Waals surface area contributed by atoms with Crippen molar-refractivity contribution in [3.63, 3.8) is 0 Å². The number of anilines is 1. The molecule has 0 unspecified atom stereocenters. The average Bonchev–Trinajstić information content (AvgIpc) is 3.27. The van der Waals surface area contributed by atoms with Crippen molar-refractivity contribution in [3.8, 4) is 10.8 Å². The topological polar surface area (TPSA) is 68.3 Å². The van der Waals surface area contributed by atoms with Crippen molar-refractivity contribution in [2.24, 2.45) is 11.8 Å². The van der Waals surface area contributed by atoms with E-state index in [0.29, 0.717) is 47.5 Å². The van der Waals surface area contributed by atoms with Crippen LogP contribution in [0, 0.1) is 18.8 Å². The van der Waals surface area contributed by atoms with Gasteiger partial charge in [-0.05, 0) is 75.8 Å². The molecule has 0 spiro atoms. The standard InChI is InChI=1S/C31H42F2N2O5S/c1-21-6-8-23(9-7-21)29(37)35(25(18-38-3)19-39-4)28-11-10-26(15-24(28)17-36)40-30-22(2)14-27(41-30)16-34-13-5-12-31(32,33)20-34/h10-11,14-15,17,21,23,25H,5-9,12-13,16,18-20H2,1-4H3. The van der Waals surface area contributed by atoms with Gasteiger partial charge in [0.2, 0.25) is 5.91 Å². The molecule has 4 rings (SSSR count). The van der Waals surface area contributed by atoms with Crippen molar-refractivity contribution in [3.05, 3.63) is 40.3 Å². The minimum absolute atomic E-state index is 0.0187. The third kappa shape index (κ3) is 8.12. The van der Waals surface area contributed by atoms with Gasteiger partial charge in [-0.1, -0.05) is 6.92 Å². The first-order valence-corrected chi connectivity index (χ1v) is 15.2. The fourth-order valence-electron chi connectivity index (χ4n) is 5.91. The molecule has 2 fully saturated rings. The number of alkyl halides is 2. The predicted molar refractivity (Wildman–Crippen MR) is 157 cm³/mol. The number of aldehydes is 1. The van der Waals surface area contributed by atoms with Crippen molar-refractivity contribution in [1.82, 2.24) is 4.90 Å². The zero-order valence-electron chi connectivity index (χ0n) is 24.5. The first-order valence-electron chi connectivity index (χ1n) is 14.4. The van der Waals surface area contributed by atoms with Crippen LogP contribution in [0.2, 0.25) is 0 Å². The fourth-order valence-corrected chi connectivity index (χ4v) is 6.99. The molecular formula is C31H42F2N2O5S. The third-order valence-electron chi connectivity index (χ3n) is 8.06. The molecule has 0 N–H and O–H groups in total. The number of rotatable bonds is 12. The zero-order valence-corrected chi connectivity index (χ0v) is 25.3. The van der Waals surface area contributed by atoms with Gasteiger partial charge in [-0.3, -0.25) is 14.5 Å². The molecule has 0 radical (unpaired) electrons. The van der Waals surface area contributed by atoms with Crippen LogP contribution < -0.4 is 9.64 Å². The van der Waals surface area contributed by atoms with E-state index in [1.165, 1.54) is 11.3 Å². The van der Waals surface area contributed by atoms with Crippen molar-refractivity contribution in [2.45, 2.75) is 70.9 Å². The number of carbonyl (C=O) groups excluding carboxylic acids is 2. The first kappa shape index (κ1) is 31.5. The Balaban J connectivity index is 1.56. The van der Waals surface area contributed by atoms with Crippen molar-refractivity contribution >= 4 is 29.2 Å². The van der Waals surface area contributed by atoms with Crippen LogP contribution in [0.1, 0.15) is 66.2 Å². The minimum atomic E-state index is -2.65. The summed E-state index contributed by atoms with van der Waals surface area (Å²) in [6, 6.07) is 6.72. The Morgan fingerprint density at radius 1 is 1.17 bits per heavy atom. The van der Waals surface area contributed by atoms with Crippen LogP contribution >= 0.6 is 11.3 Å². The summed E-state index contributed by atoms with van der Waals surface area (Å²) in [5.74, 6) is -1.72. The highest BCUT2D eigenvalue weighted by atomic mass is 32.1. The predicted octanol–water partition coefficient (Wildman–Crippen LogP) is 6.71. The maximum absolute atomic E-state index is 13.9. The summed E-state index contributed by atoms with van der Waals surface area (Å²) in [6.07, 6.45) is 4.79. The van der Waals surface area contributed by atoms with Crippen molar-refractivity contribution in [2.75, 3.05) is 45.4 Å². The number of methoxy groups -OCH3 is 2. The summed E-state index contributed by atoms with van der Waals surface area (Å²) >= 11 is 1.42. The Morgan fingerprint density at radius 2 is 1.88 bits per heavy atom. The Hall–Kier alpha value is -2.40. The lowest BCUT2D eigenvalue weighted by molar-refractivity contribution is -0.124. The van der Waals surface area contributed by atoms with E-state index in [-0.39, 0.29) is 38.0 Å². The lowest BCUT2D eigenvalue weighted by Crippen LogP contribution is -2.49. The maximum Gasteiger partial charge on any atom is 0.260 e. The number of carbonyl (C=O) groups is 2. The number of halogens is 2. The number of aryl methyl sites for hydroxylation is 1. The smallest absolute Gasteiger partial charge is 0.260 e. The summed E-state index contributed by atoms with van der Waals surface area (Å²) in [4.78, 5) is 30.7. The number of ether oxygens (including phenoxy) is 3. The lowest BCUT2D eigenvalue weighted by Gasteiger charge is -2.36. The van der Waals surface area contributed by atoms with Crippen molar-refractivity contribution in [1.29, 1.82) is 0 Å². The summed E-state index contributed by atoms with van der Waals surface area (Å²) in [6.45, 7) is 5.52. The molecule has 2 aromatic rings. The van der Waals surface area contributed by atoms with Crippen LogP contribution in [0.25, 0.3) is 0 Å². The number of likely N-dealkylation sites (tertiary alicyclic amines) is 1. The zero-order chi connectivity index (χ0) is 29.6. The normalized spacial score (nSPS) is 21.1. The maximum atomic E-state index is 13.9. The molecule has 1 amide bonds. The van der Waals surface area contributed by atoms with Crippen LogP contribution in [-0.2, 0) is 20.8 Å². The van der Waals surface area contributed by atoms with Gasteiger partial charge >= 0.3 is 0 Å². The van der Waals surface area contributed by atoms with E-state index in [4.69, 9.17) is 14.2 Å². The van der Waals surface area contributed by atoms with Crippen LogP contribution in [0.5, 0.6) is 10.8 Å². The molecule has 1 aliphatic heterocycles. The third-order valence-corrected chi connectivity index (χ3v) is 9.16. The number of thiophene rings is 1. The molecule has 0 bridgehead atoms. The number of hydrogen-bond acceptors (Lipinski definition) is 7.